The molecular weight excluding hydrogens is 502 g/mol. The van der Waals surface area contributed by atoms with E-state index >= 15 is 0 Å². The van der Waals surface area contributed by atoms with Crippen LogP contribution in [0.2, 0.25) is 0 Å². The van der Waals surface area contributed by atoms with Crippen LogP contribution in [0.4, 0.5) is 28.4 Å². The van der Waals surface area contributed by atoms with Crippen LogP contribution in [0.3, 0.4) is 0 Å². The summed E-state index contributed by atoms with van der Waals surface area (Å²) in [7, 11) is 4.03. The van der Waals surface area contributed by atoms with Gasteiger partial charge in [0, 0.05) is 55.9 Å². The number of aryl methyl sites for hydroxylation is 1. The number of hydrogen-bond acceptors (Lipinski definition) is 8. The second-order valence-electron chi connectivity index (χ2n) is 9.67. The summed E-state index contributed by atoms with van der Waals surface area (Å²) in [5, 5.41) is 4.49. The molecule has 0 aliphatic heterocycles. The highest BCUT2D eigenvalue weighted by atomic mass is 16.2. The number of benzene rings is 1. The van der Waals surface area contributed by atoms with Crippen molar-refractivity contribution in [3.05, 3.63) is 85.1 Å². The van der Waals surface area contributed by atoms with Crippen LogP contribution in [0.15, 0.2) is 79.4 Å². The first-order valence-electron chi connectivity index (χ1n) is 12.7. The van der Waals surface area contributed by atoms with Crippen molar-refractivity contribution in [3.63, 3.8) is 0 Å². The largest absolute Gasteiger partial charge is 0.378 e. The number of aromatic nitrogens is 6. The molecule has 0 spiro atoms. The van der Waals surface area contributed by atoms with Crippen molar-refractivity contribution in [1.82, 2.24) is 29.9 Å². The number of carbonyl (C=O) groups excluding carboxylic acids is 1. The number of nitrogens with zero attached hydrogens (tertiary/aromatic N) is 7. The van der Waals surface area contributed by atoms with E-state index in [1.807, 2.05) is 57.4 Å². The Morgan fingerprint density at radius 1 is 0.825 bits per heavy atom. The molecule has 2 N–H and O–H groups in total. The van der Waals surface area contributed by atoms with Gasteiger partial charge in [-0.25, -0.2) is 9.97 Å². The normalized spacial score (nSPS) is 11.1. The zero-order chi connectivity index (χ0) is 27.8. The predicted molar refractivity (Wildman–Crippen MR) is 158 cm³/mol. The van der Waals surface area contributed by atoms with Crippen LogP contribution in [-0.2, 0) is 4.79 Å². The summed E-state index contributed by atoms with van der Waals surface area (Å²) >= 11 is 0. The van der Waals surface area contributed by atoms with Crippen LogP contribution in [0.5, 0.6) is 0 Å². The molecule has 0 unspecified atom stereocenters. The Hall–Kier alpha value is -5.38. The Morgan fingerprint density at radius 3 is 2.42 bits per heavy atom. The first-order chi connectivity index (χ1) is 19.4. The van der Waals surface area contributed by atoms with Crippen LogP contribution in [0, 0.1) is 6.92 Å². The summed E-state index contributed by atoms with van der Waals surface area (Å²) in [5.74, 6) is 0.456. The summed E-state index contributed by atoms with van der Waals surface area (Å²) in [6, 6.07) is 17.5. The zero-order valence-corrected chi connectivity index (χ0v) is 22.5. The monoisotopic (exact) mass is 529 g/mol. The topological polar surface area (TPSA) is 116 Å². The number of amides is 1. The quantitative estimate of drug-likeness (QED) is 0.280. The van der Waals surface area contributed by atoms with Crippen molar-refractivity contribution in [2.75, 3.05) is 29.2 Å². The van der Waals surface area contributed by atoms with Gasteiger partial charge in [-0.3, -0.25) is 24.6 Å². The lowest BCUT2D eigenvalue weighted by Crippen LogP contribution is -2.23. The van der Waals surface area contributed by atoms with Crippen molar-refractivity contribution in [1.29, 1.82) is 0 Å². The van der Waals surface area contributed by atoms with Gasteiger partial charge in [0.05, 0.1) is 35.0 Å². The minimum atomic E-state index is -0.132. The Bertz CT molecular complexity index is 1860. The molecule has 0 atom stereocenters. The van der Waals surface area contributed by atoms with E-state index in [1.165, 1.54) is 6.92 Å². The SMILES string of the molecule is CC(=O)N(c1ccnc(C)c1)c1cnc2[nH]c(-c3ccc(Nc4ccnc5ccc(N(C)C)cc45)cn3)nc2c1. The van der Waals surface area contributed by atoms with E-state index in [9.17, 15) is 4.79 Å². The van der Waals surface area contributed by atoms with Crippen molar-refractivity contribution in [3.8, 4) is 11.5 Å². The number of pyridine rings is 4. The molecule has 6 aromatic rings. The summed E-state index contributed by atoms with van der Waals surface area (Å²) in [5.41, 5.74) is 7.88. The Balaban J connectivity index is 1.27. The van der Waals surface area contributed by atoms with Gasteiger partial charge in [-0.1, -0.05) is 0 Å². The molecule has 0 fully saturated rings. The van der Waals surface area contributed by atoms with Gasteiger partial charge in [-0.05, 0) is 61.5 Å². The molecule has 0 saturated carbocycles. The van der Waals surface area contributed by atoms with Crippen molar-refractivity contribution in [2.45, 2.75) is 13.8 Å². The molecule has 0 aliphatic carbocycles. The fraction of sp³-hybridized carbons (Fsp3) is 0.133. The Morgan fingerprint density at radius 2 is 1.68 bits per heavy atom. The second kappa shape index (κ2) is 10.1. The van der Waals surface area contributed by atoms with E-state index in [4.69, 9.17) is 4.98 Å². The van der Waals surface area contributed by atoms with Crippen molar-refractivity contribution in [2.24, 2.45) is 0 Å². The van der Waals surface area contributed by atoms with E-state index < -0.39 is 0 Å². The smallest absolute Gasteiger partial charge is 0.228 e. The number of carbonyl (C=O) groups is 1. The average molecular weight is 530 g/mol. The molecule has 5 heterocycles. The van der Waals surface area contributed by atoms with Crippen molar-refractivity contribution < 1.29 is 4.79 Å². The second-order valence-corrected chi connectivity index (χ2v) is 9.67. The molecule has 0 bridgehead atoms. The lowest BCUT2D eigenvalue weighted by Gasteiger charge is -2.21. The first kappa shape index (κ1) is 24.9. The molecule has 6 rings (SSSR count). The number of anilines is 5. The van der Waals surface area contributed by atoms with Crippen molar-refractivity contribution >= 4 is 56.4 Å². The van der Waals surface area contributed by atoms with E-state index in [0.717, 1.165) is 39.3 Å². The maximum absolute atomic E-state index is 12.5. The molecule has 10 heteroatoms. The van der Waals surface area contributed by atoms with Gasteiger partial charge in [0.15, 0.2) is 11.5 Å². The van der Waals surface area contributed by atoms with Crippen LogP contribution in [0.25, 0.3) is 33.6 Å². The fourth-order valence-corrected chi connectivity index (χ4v) is 4.60. The molecule has 0 radical (unpaired) electrons. The van der Waals surface area contributed by atoms with Gasteiger partial charge in [0.2, 0.25) is 5.91 Å². The number of hydrogen-bond donors (Lipinski definition) is 2. The predicted octanol–water partition coefficient (Wildman–Crippen LogP) is 5.77. The molecule has 0 saturated heterocycles. The molecule has 10 nitrogen and oxygen atoms in total. The molecule has 1 aromatic carbocycles. The number of aromatic amines is 1. The van der Waals surface area contributed by atoms with Crippen LogP contribution >= 0.6 is 0 Å². The lowest BCUT2D eigenvalue weighted by atomic mass is 10.1. The first-order valence-corrected chi connectivity index (χ1v) is 12.7. The van der Waals surface area contributed by atoms with Gasteiger partial charge in [0.25, 0.3) is 0 Å². The number of nitrogens with one attached hydrogen (secondary N) is 2. The van der Waals surface area contributed by atoms with Gasteiger partial charge < -0.3 is 15.2 Å². The fourth-order valence-electron chi connectivity index (χ4n) is 4.60. The minimum Gasteiger partial charge on any atom is -0.378 e. The van der Waals surface area contributed by atoms with E-state index in [0.29, 0.717) is 28.4 Å². The van der Waals surface area contributed by atoms with Gasteiger partial charge in [0.1, 0.15) is 11.2 Å². The highest BCUT2D eigenvalue weighted by Crippen LogP contribution is 2.30. The van der Waals surface area contributed by atoms with Gasteiger partial charge in [-0.15, -0.1) is 0 Å². The van der Waals surface area contributed by atoms with Crippen LogP contribution < -0.4 is 15.1 Å². The zero-order valence-electron chi connectivity index (χ0n) is 22.5. The maximum atomic E-state index is 12.5. The van der Waals surface area contributed by atoms with Crippen LogP contribution in [0.1, 0.15) is 12.6 Å². The van der Waals surface area contributed by atoms with E-state index in [-0.39, 0.29) is 5.91 Å². The maximum Gasteiger partial charge on any atom is 0.228 e. The van der Waals surface area contributed by atoms with E-state index in [2.05, 4.69) is 47.3 Å². The van der Waals surface area contributed by atoms with E-state index in [1.54, 1.807) is 35.8 Å². The third kappa shape index (κ3) is 4.78. The highest BCUT2D eigenvalue weighted by Gasteiger charge is 2.17. The van der Waals surface area contributed by atoms with Gasteiger partial charge >= 0.3 is 0 Å². The summed E-state index contributed by atoms with van der Waals surface area (Å²) < 4.78 is 0. The molecule has 198 valence electrons. The molecular formula is C30H27N9O. The highest BCUT2D eigenvalue weighted by molar-refractivity contribution is 6.00. The summed E-state index contributed by atoms with van der Waals surface area (Å²) in [4.78, 5) is 42.0. The Kier molecular flexibility index (Phi) is 6.27. The molecule has 40 heavy (non-hydrogen) atoms. The summed E-state index contributed by atoms with van der Waals surface area (Å²) in [6.07, 6.45) is 6.90. The summed E-state index contributed by atoms with van der Waals surface area (Å²) in [6.45, 7) is 3.41. The minimum absolute atomic E-state index is 0.132. The molecule has 5 aromatic heterocycles. The van der Waals surface area contributed by atoms with Gasteiger partial charge in [-0.2, -0.15) is 0 Å². The third-order valence-electron chi connectivity index (χ3n) is 6.56. The Labute approximate surface area is 230 Å². The number of imidazole rings is 1. The number of rotatable bonds is 6. The molecule has 0 aliphatic rings. The van der Waals surface area contributed by atoms with Crippen LogP contribution in [-0.4, -0.2) is 49.9 Å². The standard InChI is InChI=1S/C30H27N9O/c1-18-13-22(9-11-31-18)39(19(2)40)23-15-28-29(34-17-23)37-30(36-28)27-7-5-20(16-33-27)35-26-10-12-32-25-8-6-21(38(3)4)14-24(25)26/h5-17H,1-4H3,(H,32,35)(H,34,36,37). The molecule has 1 amide bonds. The number of H-pyrrole nitrogens is 1. The number of fused-ring (bicyclic) bond motifs is 2. The lowest BCUT2D eigenvalue weighted by molar-refractivity contribution is -0.115. The average Bonchev–Trinajstić information content (AvgIpc) is 3.37. The third-order valence-corrected chi connectivity index (χ3v) is 6.56.